The van der Waals surface area contributed by atoms with Gasteiger partial charge in [0.05, 0.1) is 10.7 Å². The first kappa shape index (κ1) is 12.7. The molecular weight excluding hydrogens is 230 g/mol. The van der Waals surface area contributed by atoms with Crippen molar-refractivity contribution in [3.05, 3.63) is 16.1 Å². The van der Waals surface area contributed by atoms with Crippen LogP contribution in [0, 0.1) is 24.7 Å². The Bertz CT molecular complexity index is 397. The van der Waals surface area contributed by atoms with Gasteiger partial charge in [-0.3, -0.25) is 4.79 Å². The third kappa shape index (κ3) is 3.15. The van der Waals surface area contributed by atoms with Crippen LogP contribution < -0.4 is 0 Å². The van der Waals surface area contributed by atoms with Crippen LogP contribution in [0.15, 0.2) is 5.38 Å². The summed E-state index contributed by atoms with van der Waals surface area (Å²) in [6.07, 6.45) is 3.78. The van der Waals surface area contributed by atoms with Crippen LogP contribution in [0.25, 0.3) is 0 Å². The van der Waals surface area contributed by atoms with E-state index in [1.54, 1.807) is 11.3 Å². The lowest BCUT2D eigenvalue weighted by atomic mass is 9.74. The molecule has 0 saturated heterocycles. The Morgan fingerprint density at radius 3 is 2.88 bits per heavy atom. The van der Waals surface area contributed by atoms with Gasteiger partial charge in [-0.15, -0.1) is 11.3 Å². The molecule has 0 aromatic carbocycles. The third-order valence-electron chi connectivity index (χ3n) is 3.87. The number of aromatic nitrogens is 1. The second-order valence-electron chi connectivity index (χ2n) is 5.50. The highest BCUT2D eigenvalue weighted by Crippen LogP contribution is 2.33. The fourth-order valence-corrected chi connectivity index (χ4v) is 3.33. The molecule has 1 fully saturated rings. The summed E-state index contributed by atoms with van der Waals surface area (Å²) in [6, 6.07) is 0. The lowest BCUT2D eigenvalue weighted by molar-refractivity contribution is -0.125. The number of hydrogen-bond acceptors (Lipinski definition) is 3. The van der Waals surface area contributed by atoms with Gasteiger partial charge in [0.15, 0.2) is 0 Å². The summed E-state index contributed by atoms with van der Waals surface area (Å²) in [5.41, 5.74) is 1.11. The van der Waals surface area contributed by atoms with Crippen molar-refractivity contribution >= 4 is 17.1 Å². The standard InChI is InChI=1S/C14H21NOS/c1-9(2)11-4-5-14(16)12(6-11)7-13-8-17-10(3)15-13/h8-9,11-12H,4-7H2,1-3H3. The van der Waals surface area contributed by atoms with Gasteiger partial charge in [-0.2, -0.15) is 0 Å². The second-order valence-corrected chi connectivity index (χ2v) is 6.57. The zero-order chi connectivity index (χ0) is 12.4. The average molecular weight is 251 g/mol. The summed E-state index contributed by atoms with van der Waals surface area (Å²) >= 11 is 1.68. The summed E-state index contributed by atoms with van der Waals surface area (Å²) in [4.78, 5) is 16.4. The molecule has 1 aliphatic rings. The van der Waals surface area contributed by atoms with E-state index in [9.17, 15) is 4.79 Å². The molecule has 1 aliphatic carbocycles. The maximum atomic E-state index is 11.9. The smallest absolute Gasteiger partial charge is 0.136 e. The van der Waals surface area contributed by atoms with Crippen LogP contribution in [0.3, 0.4) is 0 Å². The van der Waals surface area contributed by atoms with Crippen molar-refractivity contribution in [2.45, 2.75) is 46.5 Å². The maximum Gasteiger partial charge on any atom is 0.136 e. The molecule has 0 N–H and O–H groups in total. The van der Waals surface area contributed by atoms with E-state index in [0.29, 0.717) is 11.7 Å². The summed E-state index contributed by atoms with van der Waals surface area (Å²) in [5.74, 6) is 2.09. The van der Waals surface area contributed by atoms with Crippen molar-refractivity contribution in [1.82, 2.24) is 4.98 Å². The SMILES string of the molecule is Cc1nc(CC2CC(C(C)C)CCC2=O)cs1. The summed E-state index contributed by atoms with van der Waals surface area (Å²) in [7, 11) is 0. The molecule has 0 aliphatic heterocycles. The van der Waals surface area contributed by atoms with Crippen LogP contribution in [-0.4, -0.2) is 10.8 Å². The van der Waals surface area contributed by atoms with Crippen molar-refractivity contribution in [2.75, 3.05) is 0 Å². The van der Waals surface area contributed by atoms with Crippen molar-refractivity contribution < 1.29 is 4.79 Å². The zero-order valence-corrected chi connectivity index (χ0v) is 11.7. The largest absolute Gasteiger partial charge is 0.299 e. The van der Waals surface area contributed by atoms with Crippen LogP contribution in [0.1, 0.15) is 43.8 Å². The fraction of sp³-hybridized carbons (Fsp3) is 0.714. The normalized spacial score (nSPS) is 25.5. The van der Waals surface area contributed by atoms with E-state index >= 15 is 0 Å². The first-order chi connectivity index (χ1) is 8.06. The van der Waals surface area contributed by atoms with Crippen molar-refractivity contribution in [2.24, 2.45) is 17.8 Å². The summed E-state index contributed by atoms with van der Waals surface area (Å²) in [6.45, 7) is 6.56. The van der Waals surface area contributed by atoms with E-state index < -0.39 is 0 Å². The molecule has 2 nitrogen and oxygen atoms in total. The van der Waals surface area contributed by atoms with Crippen LogP contribution >= 0.6 is 11.3 Å². The van der Waals surface area contributed by atoms with Crippen LogP contribution in [0.4, 0.5) is 0 Å². The number of aryl methyl sites for hydroxylation is 1. The molecular formula is C14H21NOS. The molecule has 0 spiro atoms. The molecule has 94 valence electrons. The molecule has 2 atom stereocenters. The molecule has 0 amide bonds. The highest BCUT2D eigenvalue weighted by molar-refractivity contribution is 7.09. The van der Waals surface area contributed by atoms with Gasteiger partial charge in [0.1, 0.15) is 5.78 Å². The number of hydrogen-bond donors (Lipinski definition) is 0. The Hall–Kier alpha value is -0.700. The molecule has 2 unspecified atom stereocenters. The number of thiazole rings is 1. The predicted molar refractivity (Wildman–Crippen MR) is 71.2 cm³/mol. The molecule has 2 rings (SSSR count). The summed E-state index contributed by atoms with van der Waals surface area (Å²) in [5, 5.41) is 3.20. The van der Waals surface area contributed by atoms with Crippen molar-refractivity contribution in [3.63, 3.8) is 0 Å². The Kier molecular flexibility index (Phi) is 3.97. The van der Waals surface area contributed by atoms with Gasteiger partial charge in [-0.1, -0.05) is 13.8 Å². The molecule has 1 aromatic rings. The van der Waals surface area contributed by atoms with Gasteiger partial charge >= 0.3 is 0 Å². The third-order valence-corrected chi connectivity index (χ3v) is 4.69. The molecule has 0 bridgehead atoms. The maximum absolute atomic E-state index is 11.9. The first-order valence-corrected chi connectivity index (χ1v) is 7.38. The monoisotopic (exact) mass is 251 g/mol. The molecule has 17 heavy (non-hydrogen) atoms. The highest BCUT2D eigenvalue weighted by atomic mass is 32.1. The molecule has 3 heteroatoms. The van der Waals surface area contributed by atoms with E-state index in [1.807, 2.05) is 6.92 Å². The Balaban J connectivity index is 2.00. The minimum atomic E-state index is 0.220. The van der Waals surface area contributed by atoms with Crippen molar-refractivity contribution in [3.8, 4) is 0 Å². The lowest BCUT2D eigenvalue weighted by Gasteiger charge is -2.30. The number of rotatable bonds is 3. The molecule has 0 radical (unpaired) electrons. The first-order valence-electron chi connectivity index (χ1n) is 6.50. The van der Waals surface area contributed by atoms with Gasteiger partial charge in [0, 0.05) is 24.1 Å². The van der Waals surface area contributed by atoms with Gasteiger partial charge in [0.2, 0.25) is 0 Å². The van der Waals surface area contributed by atoms with E-state index in [0.717, 1.165) is 42.3 Å². The van der Waals surface area contributed by atoms with E-state index in [2.05, 4.69) is 24.2 Å². The number of ketones is 1. The Morgan fingerprint density at radius 1 is 1.53 bits per heavy atom. The molecule has 1 heterocycles. The number of Topliss-reactive ketones (excluding diaryl/α,β-unsaturated/α-hetero) is 1. The molecule has 1 aromatic heterocycles. The quantitative estimate of drug-likeness (QED) is 0.821. The topological polar surface area (TPSA) is 30.0 Å². The second kappa shape index (κ2) is 5.30. The molecule has 1 saturated carbocycles. The van der Waals surface area contributed by atoms with E-state index in [1.165, 1.54) is 0 Å². The fourth-order valence-electron chi connectivity index (χ4n) is 2.70. The lowest BCUT2D eigenvalue weighted by Crippen LogP contribution is -2.29. The minimum Gasteiger partial charge on any atom is -0.299 e. The highest BCUT2D eigenvalue weighted by Gasteiger charge is 2.30. The zero-order valence-electron chi connectivity index (χ0n) is 10.9. The average Bonchev–Trinajstić information content (AvgIpc) is 2.67. The van der Waals surface area contributed by atoms with Crippen LogP contribution in [0.2, 0.25) is 0 Å². The Morgan fingerprint density at radius 2 is 2.29 bits per heavy atom. The van der Waals surface area contributed by atoms with Gasteiger partial charge < -0.3 is 0 Å². The minimum absolute atomic E-state index is 0.220. The van der Waals surface area contributed by atoms with Gasteiger partial charge in [0.25, 0.3) is 0 Å². The van der Waals surface area contributed by atoms with Crippen LogP contribution in [0.5, 0.6) is 0 Å². The van der Waals surface area contributed by atoms with Gasteiger partial charge in [-0.05, 0) is 31.6 Å². The summed E-state index contributed by atoms with van der Waals surface area (Å²) < 4.78 is 0. The van der Waals surface area contributed by atoms with Crippen molar-refractivity contribution in [1.29, 1.82) is 0 Å². The number of carbonyl (C=O) groups is 1. The predicted octanol–water partition coefficient (Wildman–Crippen LogP) is 3.64. The number of nitrogens with zero attached hydrogens (tertiary/aromatic N) is 1. The van der Waals surface area contributed by atoms with Gasteiger partial charge in [-0.25, -0.2) is 4.98 Å². The number of carbonyl (C=O) groups excluding carboxylic acids is 1. The van der Waals surface area contributed by atoms with E-state index in [-0.39, 0.29) is 5.92 Å². The Labute approximate surface area is 107 Å². The van der Waals surface area contributed by atoms with E-state index in [4.69, 9.17) is 0 Å². The van der Waals surface area contributed by atoms with Crippen LogP contribution in [-0.2, 0) is 11.2 Å².